The summed E-state index contributed by atoms with van der Waals surface area (Å²) in [4.78, 5) is 30.4. The molecule has 36 heavy (non-hydrogen) atoms. The van der Waals surface area contributed by atoms with Gasteiger partial charge in [-0.25, -0.2) is 4.99 Å². The van der Waals surface area contributed by atoms with Crippen molar-refractivity contribution in [2.24, 2.45) is 10.4 Å². The maximum atomic E-state index is 13.3. The van der Waals surface area contributed by atoms with Crippen LogP contribution in [0.1, 0.15) is 50.3 Å². The smallest absolute Gasteiger partial charge is 0.410 e. The van der Waals surface area contributed by atoms with Gasteiger partial charge in [0.05, 0.1) is 12.7 Å². The van der Waals surface area contributed by atoms with E-state index in [1.165, 1.54) is 0 Å². The summed E-state index contributed by atoms with van der Waals surface area (Å²) >= 11 is 0. The second-order valence-electron chi connectivity index (χ2n) is 10.7. The van der Waals surface area contributed by atoms with Gasteiger partial charge in [0.25, 0.3) is 0 Å². The quantitative estimate of drug-likeness (QED) is 0.579. The summed E-state index contributed by atoms with van der Waals surface area (Å²) in [6.07, 6.45) is -4.67. The van der Waals surface area contributed by atoms with Gasteiger partial charge in [0.15, 0.2) is 12.1 Å². The molecular formula is C25H29F3N4O4. The molecule has 4 bridgehead atoms. The molecule has 1 aromatic carbocycles. The van der Waals surface area contributed by atoms with Gasteiger partial charge >= 0.3 is 6.18 Å². The highest BCUT2D eigenvalue weighted by atomic mass is 19.4. The molecule has 11 heteroatoms. The van der Waals surface area contributed by atoms with Crippen LogP contribution in [0.4, 0.5) is 13.2 Å². The SMILES string of the molecule is CC(C)(C)[C@@H]1NC(=O)CCc2ccc3c(c2)[C@](C#N)(CC3)C2OC1=NC2C(=O)NC(CO)C(F)(F)F. The van der Waals surface area contributed by atoms with Crippen molar-refractivity contribution < 1.29 is 32.6 Å². The average Bonchev–Trinajstić information content (AvgIpc) is 3.39. The first-order valence-corrected chi connectivity index (χ1v) is 11.9. The second-order valence-corrected chi connectivity index (χ2v) is 10.7. The monoisotopic (exact) mass is 506 g/mol. The summed E-state index contributed by atoms with van der Waals surface area (Å²) < 4.78 is 46.1. The fourth-order valence-electron chi connectivity index (χ4n) is 5.12. The first-order valence-electron chi connectivity index (χ1n) is 11.9. The molecule has 3 unspecified atom stereocenters. The lowest BCUT2D eigenvalue weighted by Gasteiger charge is -2.35. The Morgan fingerprint density at radius 3 is 2.67 bits per heavy atom. The van der Waals surface area contributed by atoms with Crippen molar-refractivity contribution >= 4 is 17.7 Å². The van der Waals surface area contributed by atoms with Crippen LogP contribution >= 0.6 is 0 Å². The molecule has 0 radical (unpaired) electrons. The van der Waals surface area contributed by atoms with Crippen LogP contribution in [0.3, 0.4) is 0 Å². The van der Waals surface area contributed by atoms with Crippen molar-refractivity contribution in [3.8, 4) is 6.07 Å². The topological polar surface area (TPSA) is 124 Å². The van der Waals surface area contributed by atoms with Crippen molar-refractivity contribution in [3.05, 3.63) is 34.9 Å². The number of rotatable bonds is 3. The Hall–Kier alpha value is -3.13. The van der Waals surface area contributed by atoms with E-state index in [-0.39, 0.29) is 18.2 Å². The minimum Gasteiger partial charge on any atom is -0.471 e. The standard InChI is InChI=1S/C25H29F3N4O4/c1-23(2,3)19-22-32-18(21(35)30-16(11-33)25(26,27)28)20(36-22)24(12-29)9-8-14-6-4-13(10-15(14)24)5-7-17(34)31-19/h4,6,10,16,18-20,33H,5,7-9,11H2,1-3H3,(H,30,35)(H,31,34)/t16?,18?,19-,20?,24-/m1/s1. The van der Waals surface area contributed by atoms with Gasteiger partial charge in [0.2, 0.25) is 17.7 Å². The molecule has 1 aromatic rings. The summed E-state index contributed by atoms with van der Waals surface area (Å²) in [5.74, 6) is -1.39. The number of alkyl halides is 3. The second kappa shape index (κ2) is 9.07. The van der Waals surface area contributed by atoms with E-state index < -0.39 is 53.7 Å². The summed E-state index contributed by atoms with van der Waals surface area (Å²) in [6, 6.07) is 3.14. The first kappa shape index (κ1) is 25.9. The fraction of sp³-hybridized carbons (Fsp3) is 0.600. The molecule has 1 aliphatic carbocycles. The number of hydrogen-bond acceptors (Lipinski definition) is 6. The number of aliphatic hydroxyl groups excluding tert-OH is 1. The number of nitriles is 1. The van der Waals surface area contributed by atoms with Crippen LogP contribution in [-0.4, -0.2) is 59.8 Å². The molecular weight excluding hydrogens is 477 g/mol. The highest BCUT2D eigenvalue weighted by Gasteiger charge is 2.57. The lowest BCUT2D eigenvalue weighted by atomic mass is 9.74. The number of halogens is 3. The molecule has 0 aromatic heterocycles. The molecule has 2 aliphatic heterocycles. The summed E-state index contributed by atoms with van der Waals surface area (Å²) in [5, 5.41) is 24.4. The van der Waals surface area contributed by atoms with Crippen molar-refractivity contribution in [2.75, 3.05) is 6.61 Å². The third kappa shape index (κ3) is 4.54. The molecule has 4 rings (SSSR count). The number of nitrogens with zero attached hydrogens (tertiary/aromatic N) is 2. The number of nitrogens with one attached hydrogen (secondary N) is 2. The molecule has 2 heterocycles. The first-order chi connectivity index (χ1) is 16.8. The van der Waals surface area contributed by atoms with Crippen LogP contribution in [-0.2, 0) is 32.6 Å². The molecule has 194 valence electrons. The van der Waals surface area contributed by atoms with Gasteiger partial charge in [-0.15, -0.1) is 0 Å². The van der Waals surface area contributed by atoms with E-state index >= 15 is 0 Å². The van der Waals surface area contributed by atoms with Gasteiger partial charge in [0, 0.05) is 6.42 Å². The van der Waals surface area contributed by atoms with Crippen molar-refractivity contribution in [2.45, 2.75) is 82.3 Å². The van der Waals surface area contributed by atoms with Crippen molar-refractivity contribution in [1.29, 1.82) is 5.26 Å². The molecule has 3 aliphatic rings. The number of carbonyl (C=O) groups is 2. The van der Waals surface area contributed by atoms with Gasteiger partial charge < -0.3 is 20.5 Å². The van der Waals surface area contributed by atoms with E-state index in [0.29, 0.717) is 24.8 Å². The lowest BCUT2D eigenvalue weighted by molar-refractivity contribution is -0.169. The molecule has 5 atom stereocenters. The zero-order valence-corrected chi connectivity index (χ0v) is 20.3. The third-order valence-electron chi connectivity index (χ3n) is 7.15. The Labute approximate surface area is 206 Å². The van der Waals surface area contributed by atoms with Crippen LogP contribution in [0.25, 0.3) is 0 Å². The van der Waals surface area contributed by atoms with Crippen LogP contribution in [0.5, 0.6) is 0 Å². The maximum absolute atomic E-state index is 13.3. The number of benzene rings is 1. The van der Waals surface area contributed by atoms with E-state index in [0.717, 1.165) is 11.1 Å². The predicted octanol–water partition coefficient (Wildman–Crippen LogP) is 2.08. The number of aliphatic imine (C=N–C) groups is 1. The minimum atomic E-state index is -4.88. The molecule has 8 nitrogen and oxygen atoms in total. The van der Waals surface area contributed by atoms with E-state index in [4.69, 9.17) is 4.74 Å². The number of amides is 2. The van der Waals surface area contributed by atoms with Crippen LogP contribution < -0.4 is 10.6 Å². The van der Waals surface area contributed by atoms with E-state index in [1.807, 2.05) is 44.3 Å². The lowest BCUT2D eigenvalue weighted by Crippen LogP contribution is -2.55. The number of aliphatic hydroxyl groups is 1. The number of ether oxygens (including phenoxy) is 1. The largest absolute Gasteiger partial charge is 0.471 e. The van der Waals surface area contributed by atoms with E-state index in [9.17, 15) is 33.1 Å². The third-order valence-corrected chi connectivity index (χ3v) is 7.15. The Morgan fingerprint density at radius 1 is 1.33 bits per heavy atom. The Bertz CT molecular complexity index is 1140. The fourth-order valence-corrected chi connectivity index (χ4v) is 5.12. The highest BCUT2D eigenvalue weighted by molar-refractivity contribution is 5.94. The number of aryl methyl sites for hydroxylation is 2. The van der Waals surface area contributed by atoms with Crippen LogP contribution in [0.15, 0.2) is 23.2 Å². The van der Waals surface area contributed by atoms with Gasteiger partial charge in [-0.1, -0.05) is 39.0 Å². The average molecular weight is 507 g/mol. The molecule has 2 amide bonds. The molecule has 0 saturated heterocycles. The van der Waals surface area contributed by atoms with Gasteiger partial charge in [0.1, 0.15) is 17.5 Å². The Kier molecular flexibility index (Phi) is 6.54. The highest BCUT2D eigenvalue weighted by Crippen LogP contribution is 2.46. The molecule has 0 spiro atoms. The minimum absolute atomic E-state index is 0.00615. The predicted molar refractivity (Wildman–Crippen MR) is 123 cm³/mol. The normalized spacial score (nSPS) is 28.6. The van der Waals surface area contributed by atoms with Gasteiger partial charge in [-0.05, 0) is 41.4 Å². The number of fused-ring (bicyclic) bond motifs is 4. The number of hydrogen-bond donors (Lipinski definition) is 3. The summed E-state index contributed by atoms with van der Waals surface area (Å²) in [5.41, 5.74) is 0.398. The summed E-state index contributed by atoms with van der Waals surface area (Å²) in [7, 11) is 0. The Balaban J connectivity index is 1.85. The summed E-state index contributed by atoms with van der Waals surface area (Å²) in [6.45, 7) is 4.15. The molecule has 0 fully saturated rings. The molecule has 3 N–H and O–H groups in total. The van der Waals surface area contributed by atoms with Crippen LogP contribution in [0.2, 0.25) is 0 Å². The maximum Gasteiger partial charge on any atom is 0.410 e. The van der Waals surface area contributed by atoms with Crippen molar-refractivity contribution in [3.63, 3.8) is 0 Å². The zero-order chi connectivity index (χ0) is 26.5. The van der Waals surface area contributed by atoms with Gasteiger partial charge in [-0.2, -0.15) is 18.4 Å². The van der Waals surface area contributed by atoms with Gasteiger partial charge in [-0.3, -0.25) is 9.59 Å². The van der Waals surface area contributed by atoms with E-state index in [1.54, 1.807) is 0 Å². The van der Waals surface area contributed by atoms with Crippen molar-refractivity contribution in [1.82, 2.24) is 10.6 Å². The Morgan fingerprint density at radius 2 is 2.06 bits per heavy atom. The number of carbonyl (C=O) groups excluding carboxylic acids is 2. The zero-order valence-electron chi connectivity index (χ0n) is 20.3. The van der Waals surface area contributed by atoms with Crippen LogP contribution in [0, 0.1) is 16.7 Å². The molecule has 0 saturated carbocycles. The van der Waals surface area contributed by atoms with E-state index in [2.05, 4.69) is 16.4 Å².